The number of esters is 1. The molecule has 34 heavy (non-hydrogen) atoms. The van der Waals surface area contributed by atoms with E-state index < -0.39 is 0 Å². The normalized spacial score (nSPS) is 17.6. The van der Waals surface area contributed by atoms with E-state index in [4.69, 9.17) is 33.3 Å². The first kappa shape index (κ1) is 24.0. The molecule has 1 aliphatic heterocycles. The number of pyridine rings is 1. The molecule has 0 saturated carbocycles. The van der Waals surface area contributed by atoms with Crippen LogP contribution < -0.4 is 10.1 Å². The van der Waals surface area contributed by atoms with E-state index in [-0.39, 0.29) is 24.6 Å². The third-order valence-electron chi connectivity index (χ3n) is 5.97. The van der Waals surface area contributed by atoms with Crippen LogP contribution in [0.1, 0.15) is 41.7 Å². The number of ether oxygens (including phenoxy) is 2. The average molecular weight is 499 g/mol. The zero-order valence-corrected chi connectivity index (χ0v) is 21.1. The van der Waals surface area contributed by atoms with Gasteiger partial charge in [0.1, 0.15) is 12.3 Å². The summed E-state index contributed by atoms with van der Waals surface area (Å²) in [6, 6.07) is 12.9. The first-order valence-corrected chi connectivity index (χ1v) is 11.8. The summed E-state index contributed by atoms with van der Waals surface area (Å²) < 4.78 is 13.0. The van der Waals surface area contributed by atoms with E-state index in [1.165, 1.54) is 0 Å². The molecule has 7 nitrogen and oxygen atoms in total. The van der Waals surface area contributed by atoms with Crippen molar-refractivity contribution in [2.45, 2.75) is 32.9 Å². The topological polar surface area (TPSA) is 68.6 Å². The number of rotatable bonds is 7. The maximum Gasteiger partial charge on any atom is 0.325 e. The van der Waals surface area contributed by atoms with Gasteiger partial charge in [-0.2, -0.15) is 0 Å². The Balaban J connectivity index is 1.85. The SMILES string of the molecule is CCOC(=O)CN1C(=S)N[C@H](c2ccccn2)[C@H]1c1cc(C)n(-c2cc(Cl)ccc2OC)c1C. The van der Waals surface area contributed by atoms with Crippen molar-refractivity contribution in [3.8, 4) is 11.4 Å². The van der Waals surface area contributed by atoms with Crippen molar-refractivity contribution in [1.29, 1.82) is 0 Å². The van der Waals surface area contributed by atoms with E-state index in [9.17, 15) is 4.79 Å². The number of methoxy groups -OCH3 is 1. The molecule has 0 radical (unpaired) electrons. The fourth-order valence-corrected chi connectivity index (χ4v) is 5.03. The maximum absolute atomic E-state index is 12.5. The number of aryl methyl sites for hydroxylation is 1. The highest BCUT2D eigenvalue weighted by atomic mass is 35.5. The molecule has 0 spiro atoms. The number of thiocarbonyl (C=S) groups is 1. The van der Waals surface area contributed by atoms with Crippen LogP contribution in [0.25, 0.3) is 5.69 Å². The molecular formula is C25H27ClN4O3S. The minimum absolute atomic E-state index is 0.0395. The van der Waals surface area contributed by atoms with Gasteiger partial charge in [0.05, 0.1) is 37.2 Å². The Hall–Kier alpha value is -3.10. The summed E-state index contributed by atoms with van der Waals surface area (Å²) in [5.74, 6) is 0.381. The van der Waals surface area contributed by atoms with Crippen molar-refractivity contribution in [2.75, 3.05) is 20.3 Å². The summed E-state index contributed by atoms with van der Waals surface area (Å²) in [6.45, 7) is 6.21. The summed E-state index contributed by atoms with van der Waals surface area (Å²) in [7, 11) is 1.64. The lowest BCUT2D eigenvalue weighted by Crippen LogP contribution is -2.35. The number of aromatic nitrogens is 2. The van der Waals surface area contributed by atoms with Gasteiger partial charge in [-0.3, -0.25) is 9.78 Å². The number of benzene rings is 1. The lowest BCUT2D eigenvalue weighted by molar-refractivity contribution is -0.143. The highest BCUT2D eigenvalue weighted by Crippen LogP contribution is 2.42. The molecule has 1 aliphatic rings. The Bertz CT molecular complexity index is 1210. The summed E-state index contributed by atoms with van der Waals surface area (Å²) in [5.41, 5.74) is 4.69. The van der Waals surface area contributed by atoms with Crippen molar-refractivity contribution in [2.24, 2.45) is 0 Å². The lowest BCUT2D eigenvalue weighted by atomic mass is 9.97. The molecule has 3 heterocycles. The monoisotopic (exact) mass is 498 g/mol. The minimum atomic E-state index is -0.330. The molecule has 0 aliphatic carbocycles. The number of nitrogens with zero attached hydrogens (tertiary/aromatic N) is 3. The van der Waals surface area contributed by atoms with Gasteiger partial charge in [-0.05, 0) is 75.0 Å². The highest BCUT2D eigenvalue weighted by Gasteiger charge is 2.42. The van der Waals surface area contributed by atoms with Crippen LogP contribution in [-0.4, -0.2) is 45.8 Å². The van der Waals surface area contributed by atoms with Crippen LogP contribution in [0, 0.1) is 13.8 Å². The fourth-order valence-electron chi connectivity index (χ4n) is 4.56. The predicted octanol–water partition coefficient (Wildman–Crippen LogP) is 4.69. The first-order chi connectivity index (χ1) is 16.3. The molecule has 3 aromatic rings. The van der Waals surface area contributed by atoms with Gasteiger partial charge < -0.3 is 24.3 Å². The molecule has 9 heteroatoms. The Morgan fingerprint density at radius 3 is 2.71 bits per heavy atom. The van der Waals surface area contributed by atoms with Gasteiger partial charge in [0.2, 0.25) is 0 Å². The summed E-state index contributed by atoms with van der Waals surface area (Å²) in [4.78, 5) is 18.9. The second kappa shape index (κ2) is 10.0. The molecule has 0 amide bonds. The van der Waals surface area contributed by atoms with Crippen molar-refractivity contribution >= 4 is 34.9 Å². The number of nitrogens with one attached hydrogen (secondary N) is 1. The third kappa shape index (κ3) is 4.48. The van der Waals surface area contributed by atoms with E-state index >= 15 is 0 Å². The smallest absolute Gasteiger partial charge is 0.325 e. The number of hydrogen-bond acceptors (Lipinski definition) is 5. The first-order valence-electron chi connectivity index (χ1n) is 11.0. The standard InChI is InChI=1S/C25H27ClN4O3S/c1-5-33-22(31)14-29-24(23(28-25(29)34)19-8-6-7-11-27-19)18-12-15(2)30(16(18)3)20-13-17(26)9-10-21(20)32-4/h6-13,23-24H,5,14H2,1-4H3,(H,28,34)/t23-,24-/m1/s1. The molecule has 1 fully saturated rings. The summed E-state index contributed by atoms with van der Waals surface area (Å²) >= 11 is 12.0. The fraction of sp³-hybridized carbons (Fsp3) is 0.320. The second-order valence-electron chi connectivity index (χ2n) is 8.04. The largest absolute Gasteiger partial charge is 0.495 e. The van der Waals surface area contributed by atoms with E-state index in [0.717, 1.165) is 28.3 Å². The molecule has 2 atom stereocenters. The highest BCUT2D eigenvalue weighted by molar-refractivity contribution is 7.80. The Kier molecular flexibility index (Phi) is 7.09. The molecule has 1 aromatic carbocycles. The number of carbonyl (C=O) groups is 1. The number of halogens is 1. The molecule has 4 rings (SSSR count). The van der Waals surface area contributed by atoms with E-state index in [1.54, 1.807) is 26.3 Å². The van der Waals surface area contributed by atoms with Gasteiger partial charge >= 0.3 is 5.97 Å². The number of carbonyl (C=O) groups excluding carboxylic acids is 1. The summed E-state index contributed by atoms with van der Waals surface area (Å²) in [5, 5.41) is 4.48. The maximum atomic E-state index is 12.5. The summed E-state index contributed by atoms with van der Waals surface area (Å²) in [6.07, 6.45) is 1.76. The van der Waals surface area contributed by atoms with Crippen LogP contribution in [0.15, 0.2) is 48.7 Å². The van der Waals surface area contributed by atoms with Gasteiger partial charge in [-0.1, -0.05) is 17.7 Å². The molecular weight excluding hydrogens is 472 g/mol. The zero-order valence-electron chi connectivity index (χ0n) is 19.5. The van der Waals surface area contributed by atoms with E-state index in [0.29, 0.717) is 22.5 Å². The van der Waals surface area contributed by atoms with Crippen LogP contribution in [0.4, 0.5) is 0 Å². The zero-order chi connectivity index (χ0) is 24.4. The third-order valence-corrected chi connectivity index (χ3v) is 6.56. The van der Waals surface area contributed by atoms with Crippen molar-refractivity contribution in [1.82, 2.24) is 19.8 Å². The average Bonchev–Trinajstić information content (AvgIpc) is 3.29. The molecule has 0 bridgehead atoms. The van der Waals surface area contributed by atoms with Gasteiger partial charge in [0.15, 0.2) is 5.11 Å². The van der Waals surface area contributed by atoms with Crippen molar-refractivity contribution < 1.29 is 14.3 Å². The molecule has 2 aromatic heterocycles. The Labute approximate surface area is 209 Å². The van der Waals surface area contributed by atoms with Crippen LogP contribution in [-0.2, 0) is 9.53 Å². The quantitative estimate of drug-likeness (QED) is 0.374. The molecule has 0 unspecified atom stereocenters. The lowest BCUT2D eigenvalue weighted by Gasteiger charge is -2.27. The van der Waals surface area contributed by atoms with Gasteiger partial charge in [-0.15, -0.1) is 0 Å². The van der Waals surface area contributed by atoms with Gasteiger partial charge in [-0.25, -0.2) is 0 Å². The Morgan fingerprint density at radius 1 is 1.24 bits per heavy atom. The molecule has 178 valence electrons. The van der Waals surface area contributed by atoms with Gasteiger partial charge in [0.25, 0.3) is 0 Å². The predicted molar refractivity (Wildman–Crippen MR) is 136 cm³/mol. The van der Waals surface area contributed by atoms with Gasteiger partial charge in [0, 0.05) is 22.6 Å². The second-order valence-corrected chi connectivity index (χ2v) is 8.86. The van der Waals surface area contributed by atoms with Crippen molar-refractivity contribution in [3.05, 3.63) is 76.3 Å². The van der Waals surface area contributed by atoms with Crippen LogP contribution in [0.5, 0.6) is 5.75 Å². The van der Waals surface area contributed by atoms with Crippen LogP contribution in [0.3, 0.4) is 0 Å². The Morgan fingerprint density at radius 2 is 2.03 bits per heavy atom. The van der Waals surface area contributed by atoms with Crippen LogP contribution >= 0.6 is 23.8 Å². The molecule has 1 N–H and O–H groups in total. The minimum Gasteiger partial charge on any atom is -0.495 e. The molecule has 1 saturated heterocycles. The number of hydrogen-bond donors (Lipinski definition) is 1. The van der Waals surface area contributed by atoms with Crippen LogP contribution in [0.2, 0.25) is 5.02 Å². The van der Waals surface area contributed by atoms with Crippen molar-refractivity contribution in [3.63, 3.8) is 0 Å². The van der Waals surface area contributed by atoms with E-state index in [1.807, 2.05) is 49.1 Å². The van der Waals surface area contributed by atoms with E-state index in [2.05, 4.69) is 20.9 Å².